The first kappa shape index (κ1) is 9.63. The van der Waals surface area contributed by atoms with E-state index < -0.39 is 0 Å². The van der Waals surface area contributed by atoms with Gasteiger partial charge in [-0.2, -0.15) is 0 Å². The van der Waals surface area contributed by atoms with Crippen molar-refractivity contribution in [1.82, 2.24) is 0 Å². The van der Waals surface area contributed by atoms with Gasteiger partial charge in [-0.25, -0.2) is 0 Å². The second-order valence-corrected chi connectivity index (χ2v) is 2.37. The van der Waals surface area contributed by atoms with Crippen molar-refractivity contribution >= 4 is 6.21 Å². The predicted molar refractivity (Wildman–Crippen MR) is 46.6 cm³/mol. The van der Waals surface area contributed by atoms with Crippen LogP contribution in [0.2, 0.25) is 0 Å². The van der Waals surface area contributed by atoms with Gasteiger partial charge in [-0.1, -0.05) is 12.8 Å². The molecule has 0 unspecified atom stereocenters. The Morgan fingerprint density at radius 1 is 1.20 bits per heavy atom. The largest absolute Gasteiger partial charge is 0.330 e. The third-order valence-corrected chi connectivity index (χ3v) is 1.42. The quantitative estimate of drug-likeness (QED) is 0.444. The van der Waals surface area contributed by atoms with Gasteiger partial charge in [0, 0.05) is 6.54 Å². The van der Waals surface area contributed by atoms with Crippen LogP contribution >= 0.6 is 0 Å². The van der Waals surface area contributed by atoms with Gasteiger partial charge in [0.05, 0.1) is 0 Å². The van der Waals surface area contributed by atoms with Crippen LogP contribution < -0.4 is 5.73 Å². The van der Waals surface area contributed by atoms with E-state index in [9.17, 15) is 0 Å². The van der Waals surface area contributed by atoms with Crippen LogP contribution in [0, 0.1) is 0 Å². The molecule has 0 radical (unpaired) electrons. The molecule has 0 rings (SSSR count). The van der Waals surface area contributed by atoms with E-state index in [2.05, 4.69) is 4.99 Å². The lowest BCUT2D eigenvalue weighted by Gasteiger charge is -1.95. The third kappa shape index (κ3) is 7.63. The maximum Gasteiger partial charge on any atom is 0.0385 e. The normalized spacial score (nSPS) is 11.0. The summed E-state index contributed by atoms with van der Waals surface area (Å²) in [4.78, 5) is 4.11. The summed E-state index contributed by atoms with van der Waals surface area (Å²) in [6, 6.07) is 0. The maximum absolute atomic E-state index is 5.34. The second kappa shape index (κ2) is 8.63. The molecule has 2 N–H and O–H groups in total. The van der Waals surface area contributed by atoms with Crippen molar-refractivity contribution < 1.29 is 0 Å². The van der Waals surface area contributed by atoms with E-state index in [0.717, 1.165) is 19.5 Å². The van der Waals surface area contributed by atoms with Crippen molar-refractivity contribution in [2.75, 3.05) is 13.1 Å². The van der Waals surface area contributed by atoms with Crippen molar-refractivity contribution in [2.45, 2.75) is 32.6 Å². The van der Waals surface area contributed by atoms with Gasteiger partial charge in [0.1, 0.15) is 0 Å². The van der Waals surface area contributed by atoms with E-state index in [1.807, 2.05) is 13.1 Å². The molecule has 0 bridgehead atoms. The zero-order valence-electron chi connectivity index (χ0n) is 6.84. The fraction of sp³-hybridized carbons (Fsp3) is 0.875. The highest BCUT2D eigenvalue weighted by molar-refractivity contribution is 5.53. The molecule has 0 aromatic rings. The van der Waals surface area contributed by atoms with Crippen molar-refractivity contribution in [3.05, 3.63) is 0 Å². The minimum absolute atomic E-state index is 0.830. The predicted octanol–water partition coefficient (Wildman–Crippen LogP) is 1.60. The second-order valence-electron chi connectivity index (χ2n) is 2.37. The van der Waals surface area contributed by atoms with Gasteiger partial charge >= 0.3 is 0 Å². The van der Waals surface area contributed by atoms with Gasteiger partial charge in [0.15, 0.2) is 0 Å². The van der Waals surface area contributed by atoms with E-state index in [4.69, 9.17) is 5.73 Å². The standard InChI is InChI=1S/C8H18N2/c1-2-10-8-6-4-3-5-7-9/h2H,3-9H2,1H3. The molecule has 0 amide bonds. The van der Waals surface area contributed by atoms with Gasteiger partial charge in [-0.15, -0.1) is 0 Å². The van der Waals surface area contributed by atoms with Gasteiger partial charge in [-0.05, 0) is 32.5 Å². The van der Waals surface area contributed by atoms with Crippen LogP contribution in [-0.4, -0.2) is 19.3 Å². The van der Waals surface area contributed by atoms with Crippen molar-refractivity contribution in [3.63, 3.8) is 0 Å². The molecule has 0 saturated carbocycles. The average molecular weight is 142 g/mol. The Balaban J connectivity index is 2.77. The lowest BCUT2D eigenvalue weighted by atomic mass is 10.2. The maximum atomic E-state index is 5.34. The van der Waals surface area contributed by atoms with E-state index in [1.165, 1.54) is 19.3 Å². The van der Waals surface area contributed by atoms with E-state index in [1.54, 1.807) is 0 Å². The summed E-state index contributed by atoms with van der Waals surface area (Å²) in [5, 5.41) is 0. The number of aliphatic imine (C=N–C) groups is 1. The number of unbranched alkanes of at least 4 members (excludes halogenated alkanes) is 3. The molecule has 0 heterocycles. The Hall–Kier alpha value is -0.370. The first-order valence-electron chi connectivity index (χ1n) is 4.06. The number of nitrogens with two attached hydrogens (primary N) is 1. The summed E-state index contributed by atoms with van der Waals surface area (Å²) < 4.78 is 0. The smallest absolute Gasteiger partial charge is 0.0385 e. The third-order valence-electron chi connectivity index (χ3n) is 1.42. The summed E-state index contributed by atoms with van der Waals surface area (Å²) in [5.41, 5.74) is 5.34. The molecule has 10 heavy (non-hydrogen) atoms. The molecule has 0 saturated heterocycles. The Labute approximate surface area is 63.5 Å². The highest BCUT2D eigenvalue weighted by Gasteiger charge is 1.85. The molecule has 0 spiro atoms. The number of hydrogen-bond donors (Lipinski definition) is 1. The fourth-order valence-corrected chi connectivity index (χ4v) is 0.830. The van der Waals surface area contributed by atoms with Gasteiger partial charge < -0.3 is 5.73 Å². The summed E-state index contributed by atoms with van der Waals surface area (Å²) in [6.07, 6.45) is 6.77. The number of nitrogens with zero attached hydrogens (tertiary/aromatic N) is 1. The van der Waals surface area contributed by atoms with Crippen molar-refractivity contribution in [1.29, 1.82) is 0 Å². The van der Waals surface area contributed by atoms with Gasteiger partial charge in [0.25, 0.3) is 0 Å². The SMILES string of the molecule is CC=NCCCCCCN. The Morgan fingerprint density at radius 2 is 1.90 bits per heavy atom. The van der Waals surface area contributed by atoms with Crippen LogP contribution in [0.25, 0.3) is 0 Å². The number of rotatable bonds is 6. The number of hydrogen-bond acceptors (Lipinski definition) is 2. The highest BCUT2D eigenvalue weighted by Crippen LogP contribution is 1.97. The zero-order valence-corrected chi connectivity index (χ0v) is 6.84. The molecule has 60 valence electrons. The Kier molecular flexibility index (Phi) is 8.31. The highest BCUT2D eigenvalue weighted by atomic mass is 14.7. The van der Waals surface area contributed by atoms with E-state index in [0.29, 0.717) is 0 Å². The lowest BCUT2D eigenvalue weighted by molar-refractivity contribution is 0.654. The van der Waals surface area contributed by atoms with Crippen LogP contribution in [0.15, 0.2) is 4.99 Å². The molecular formula is C8H18N2. The van der Waals surface area contributed by atoms with E-state index >= 15 is 0 Å². The summed E-state index contributed by atoms with van der Waals surface area (Å²) in [5.74, 6) is 0. The molecule has 0 fully saturated rings. The first-order valence-corrected chi connectivity index (χ1v) is 4.06. The van der Waals surface area contributed by atoms with Gasteiger partial charge in [0.2, 0.25) is 0 Å². The fourth-order valence-electron chi connectivity index (χ4n) is 0.830. The Bertz CT molecular complexity index is 79.3. The van der Waals surface area contributed by atoms with Crippen LogP contribution in [0.1, 0.15) is 32.6 Å². The minimum atomic E-state index is 0.830. The van der Waals surface area contributed by atoms with E-state index in [-0.39, 0.29) is 0 Å². The molecule has 0 aromatic heterocycles. The average Bonchev–Trinajstić information content (AvgIpc) is 1.97. The molecule has 2 heteroatoms. The van der Waals surface area contributed by atoms with Gasteiger partial charge in [-0.3, -0.25) is 4.99 Å². The summed E-state index contributed by atoms with van der Waals surface area (Å²) in [7, 11) is 0. The van der Waals surface area contributed by atoms with Crippen LogP contribution in [-0.2, 0) is 0 Å². The molecule has 0 aromatic carbocycles. The van der Waals surface area contributed by atoms with Crippen LogP contribution in [0.5, 0.6) is 0 Å². The molecule has 0 aliphatic heterocycles. The monoisotopic (exact) mass is 142 g/mol. The molecule has 0 aliphatic rings. The summed E-state index contributed by atoms with van der Waals surface area (Å²) >= 11 is 0. The van der Waals surface area contributed by atoms with Crippen LogP contribution in [0.4, 0.5) is 0 Å². The zero-order chi connectivity index (χ0) is 7.66. The van der Waals surface area contributed by atoms with Crippen LogP contribution in [0.3, 0.4) is 0 Å². The molecule has 0 atom stereocenters. The topological polar surface area (TPSA) is 38.4 Å². The summed E-state index contributed by atoms with van der Waals surface area (Å²) in [6.45, 7) is 3.78. The Morgan fingerprint density at radius 3 is 2.50 bits per heavy atom. The molecular weight excluding hydrogens is 124 g/mol. The lowest BCUT2D eigenvalue weighted by Crippen LogP contribution is -1.97. The molecule has 2 nitrogen and oxygen atoms in total. The van der Waals surface area contributed by atoms with Crippen molar-refractivity contribution in [3.8, 4) is 0 Å². The minimum Gasteiger partial charge on any atom is -0.330 e. The molecule has 0 aliphatic carbocycles. The van der Waals surface area contributed by atoms with Crippen molar-refractivity contribution in [2.24, 2.45) is 10.7 Å². The first-order chi connectivity index (χ1) is 4.91.